The summed E-state index contributed by atoms with van der Waals surface area (Å²) < 4.78 is 10.8. The molecular weight excluding hydrogens is 390 g/mol. The number of carbonyl (C=O) groups excluding carboxylic acids is 3. The fourth-order valence-corrected chi connectivity index (χ4v) is 3.45. The molecule has 0 radical (unpaired) electrons. The van der Waals surface area contributed by atoms with Gasteiger partial charge in [0.25, 0.3) is 5.91 Å². The maximum absolute atomic E-state index is 11.9. The van der Waals surface area contributed by atoms with E-state index in [1.807, 2.05) is 0 Å². The molecule has 0 aliphatic rings. The third-order valence-electron chi connectivity index (χ3n) is 3.14. The van der Waals surface area contributed by atoms with Crippen molar-refractivity contribution in [1.82, 2.24) is 10.2 Å². The smallest absolute Gasteiger partial charge is 0.316 e. The monoisotopic (exact) mass is 409 g/mol. The van der Waals surface area contributed by atoms with E-state index >= 15 is 0 Å². The lowest BCUT2D eigenvalue weighted by atomic mass is 10.1. The Labute approximate surface area is 164 Å². The maximum Gasteiger partial charge on any atom is 0.316 e. The van der Waals surface area contributed by atoms with Crippen molar-refractivity contribution >= 4 is 45.9 Å². The molecule has 1 heterocycles. The van der Waals surface area contributed by atoms with Gasteiger partial charge in [-0.3, -0.25) is 19.7 Å². The SMILES string of the molecule is CCOC(=O)CSc1nnc(NC(=O)COc2ccc(C(=O)CC)cc2)s1. The summed E-state index contributed by atoms with van der Waals surface area (Å²) in [6.45, 7) is 3.66. The van der Waals surface area contributed by atoms with Gasteiger partial charge in [-0.1, -0.05) is 30.0 Å². The van der Waals surface area contributed by atoms with Crippen LogP contribution in [0, 0.1) is 0 Å². The van der Waals surface area contributed by atoms with Crippen molar-refractivity contribution in [3.63, 3.8) is 0 Å². The molecule has 0 bridgehead atoms. The molecule has 1 aromatic heterocycles. The van der Waals surface area contributed by atoms with E-state index in [0.29, 0.717) is 33.8 Å². The standard InChI is InChI=1S/C17H19N3O5S2/c1-3-13(21)11-5-7-12(8-6-11)25-9-14(22)18-16-19-20-17(27-16)26-10-15(23)24-4-2/h5-8H,3-4,9-10H2,1-2H3,(H,18,19,22). The fourth-order valence-electron chi connectivity index (χ4n) is 1.89. The van der Waals surface area contributed by atoms with Gasteiger partial charge in [-0.15, -0.1) is 10.2 Å². The Morgan fingerprint density at radius 2 is 1.89 bits per heavy atom. The molecule has 8 nitrogen and oxygen atoms in total. The number of aromatic nitrogens is 2. The van der Waals surface area contributed by atoms with E-state index in [2.05, 4.69) is 15.5 Å². The summed E-state index contributed by atoms with van der Waals surface area (Å²) >= 11 is 2.35. The molecule has 144 valence electrons. The topological polar surface area (TPSA) is 107 Å². The van der Waals surface area contributed by atoms with E-state index < -0.39 is 0 Å². The van der Waals surface area contributed by atoms with Crippen LogP contribution in [0.2, 0.25) is 0 Å². The second-order valence-electron chi connectivity index (χ2n) is 5.10. The third kappa shape index (κ3) is 6.99. The Kier molecular flexibility index (Phi) is 8.21. The van der Waals surface area contributed by atoms with Gasteiger partial charge in [0.1, 0.15) is 5.75 Å². The number of anilines is 1. The minimum absolute atomic E-state index is 0.0483. The van der Waals surface area contributed by atoms with Crippen LogP contribution < -0.4 is 10.1 Å². The number of nitrogens with zero attached hydrogens (tertiary/aromatic N) is 2. The van der Waals surface area contributed by atoms with Crippen LogP contribution in [0.1, 0.15) is 30.6 Å². The van der Waals surface area contributed by atoms with Gasteiger partial charge in [0.05, 0.1) is 12.4 Å². The van der Waals surface area contributed by atoms with Crippen molar-refractivity contribution in [2.45, 2.75) is 24.6 Å². The Balaban J connectivity index is 1.77. The van der Waals surface area contributed by atoms with Gasteiger partial charge in [0.15, 0.2) is 16.7 Å². The maximum atomic E-state index is 11.9. The molecule has 1 amide bonds. The van der Waals surface area contributed by atoms with Crippen LogP contribution in [0.15, 0.2) is 28.6 Å². The van der Waals surface area contributed by atoms with Gasteiger partial charge < -0.3 is 9.47 Å². The number of thioether (sulfide) groups is 1. The number of rotatable bonds is 10. The van der Waals surface area contributed by atoms with E-state index in [9.17, 15) is 14.4 Å². The highest BCUT2D eigenvalue weighted by molar-refractivity contribution is 8.01. The van der Waals surface area contributed by atoms with Crippen molar-refractivity contribution in [3.8, 4) is 5.75 Å². The van der Waals surface area contributed by atoms with Gasteiger partial charge in [-0.05, 0) is 31.2 Å². The van der Waals surface area contributed by atoms with Gasteiger partial charge in [0.2, 0.25) is 5.13 Å². The van der Waals surface area contributed by atoms with E-state index in [1.54, 1.807) is 38.1 Å². The van der Waals surface area contributed by atoms with Gasteiger partial charge >= 0.3 is 5.97 Å². The van der Waals surface area contributed by atoms with Crippen molar-refractivity contribution in [1.29, 1.82) is 0 Å². The van der Waals surface area contributed by atoms with Crippen molar-refractivity contribution < 1.29 is 23.9 Å². The molecule has 10 heteroatoms. The minimum Gasteiger partial charge on any atom is -0.484 e. The molecule has 0 unspecified atom stereocenters. The van der Waals surface area contributed by atoms with Crippen molar-refractivity contribution in [2.24, 2.45) is 0 Å². The summed E-state index contributed by atoms with van der Waals surface area (Å²) in [5.74, 6) is -0.0473. The molecule has 1 N–H and O–H groups in total. The molecular formula is C17H19N3O5S2. The first-order valence-electron chi connectivity index (χ1n) is 8.19. The van der Waals surface area contributed by atoms with E-state index in [1.165, 1.54) is 11.8 Å². The molecule has 0 aliphatic heterocycles. The average Bonchev–Trinajstić information content (AvgIpc) is 3.12. The summed E-state index contributed by atoms with van der Waals surface area (Å²) in [6, 6.07) is 6.62. The summed E-state index contributed by atoms with van der Waals surface area (Å²) in [4.78, 5) is 34.8. The second kappa shape index (κ2) is 10.6. The number of carbonyl (C=O) groups is 3. The number of hydrogen-bond donors (Lipinski definition) is 1. The average molecular weight is 409 g/mol. The lowest BCUT2D eigenvalue weighted by Gasteiger charge is -2.06. The zero-order chi connectivity index (χ0) is 19.6. The number of Topliss-reactive ketones (excluding diaryl/α,β-unsaturated/α-hetero) is 1. The van der Waals surface area contributed by atoms with Crippen LogP contribution in [0.3, 0.4) is 0 Å². The Morgan fingerprint density at radius 3 is 2.56 bits per heavy atom. The first-order valence-corrected chi connectivity index (χ1v) is 9.99. The minimum atomic E-state index is -0.387. The summed E-state index contributed by atoms with van der Waals surface area (Å²) in [5.41, 5.74) is 0.607. The van der Waals surface area contributed by atoms with Crippen molar-refractivity contribution in [3.05, 3.63) is 29.8 Å². The first-order chi connectivity index (χ1) is 13.0. The lowest BCUT2D eigenvalue weighted by molar-refractivity contribution is -0.139. The molecule has 27 heavy (non-hydrogen) atoms. The predicted molar refractivity (Wildman–Crippen MR) is 102 cm³/mol. The van der Waals surface area contributed by atoms with Crippen LogP contribution in [0.25, 0.3) is 0 Å². The van der Waals surface area contributed by atoms with Crippen LogP contribution in [-0.4, -0.2) is 46.8 Å². The van der Waals surface area contributed by atoms with Gasteiger partial charge in [0, 0.05) is 12.0 Å². The number of benzene rings is 1. The molecule has 0 atom stereocenters. The highest BCUT2D eigenvalue weighted by Gasteiger charge is 2.11. The van der Waals surface area contributed by atoms with Gasteiger partial charge in [-0.2, -0.15) is 0 Å². The summed E-state index contributed by atoms with van der Waals surface area (Å²) in [5, 5.41) is 10.6. The number of ether oxygens (including phenoxy) is 2. The number of amides is 1. The summed E-state index contributed by atoms with van der Waals surface area (Å²) in [7, 11) is 0. The zero-order valence-corrected chi connectivity index (χ0v) is 16.5. The van der Waals surface area contributed by atoms with Crippen LogP contribution in [0.5, 0.6) is 5.75 Å². The van der Waals surface area contributed by atoms with Crippen LogP contribution in [0.4, 0.5) is 5.13 Å². The van der Waals surface area contributed by atoms with E-state index in [4.69, 9.17) is 9.47 Å². The Morgan fingerprint density at radius 1 is 1.15 bits per heavy atom. The first kappa shape index (κ1) is 20.8. The quantitative estimate of drug-likeness (QED) is 0.276. The molecule has 0 aliphatic carbocycles. The van der Waals surface area contributed by atoms with Crippen LogP contribution in [-0.2, 0) is 14.3 Å². The third-order valence-corrected chi connectivity index (χ3v) is 5.08. The van der Waals surface area contributed by atoms with Gasteiger partial charge in [-0.25, -0.2) is 0 Å². The number of esters is 1. The number of ketones is 1. The zero-order valence-electron chi connectivity index (χ0n) is 14.9. The van der Waals surface area contributed by atoms with Crippen molar-refractivity contribution in [2.75, 3.05) is 24.3 Å². The number of nitrogens with one attached hydrogen (secondary N) is 1. The second-order valence-corrected chi connectivity index (χ2v) is 7.30. The highest BCUT2D eigenvalue weighted by Crippen LogP contribution is 2.25. The van der Waals surface area contributed by atoms with E-state index in [-0.39, 0.29) is 30.0 Å². The molecule has 2 aromatic rings. The molecule has 0 saturated carbocycles. The normalized spacial score (nSPS) is 10.3. The molecule has 2 rings (SSSR count). The molecule has 0 saturated heterocycles. The molecule has 0 spiro atoms. The molecule has 1 aromatic carbocycles. The fraction of sp³-hybridized carbons (Fsp3) is 0.353. The Bertz CT molecular complexity index is 792. The largest absolute Gasteiger partial charge is 0.484 e. The highest BCUT2D eigenvalue weighted by atomic mass is 32.2. The van der Waals surface area contributed by atoms with E-state index in [0.717, 1.165) is 11.3 Å². The molecule has 0 fully saturated rings. The number of hydrogen-bond acceptors (Lipinski definition) is 9. The predicted octanol–water partition coefficient (Wildman–Crippen LogP) is 2.80. The Hall–Kier alpha value is -2.46. The summed E-state index contributed by atoms with van der Waals surface area (Å²) in [6.07, 6.45) is 0.435. The van der Waals surface area contributed by atoms with Crippen LogP contribution >= 0.6 is 23.1 Å². The lowest BCUT2D eigenvalue weighted by Crippen LogP contribution is -2.20.